The van der Waals surface area contributed by atoms with Crippen LogP contribution in [0.4, 0.5) is 5.69 Å². The predicted octanol–water partition coefficient (Wildman–Crippen LogP) is 2.32. The Kier molecular flexibility index (Phi) is 6.15. The number of rotatable bonds is 8. The van der Waals surface area contributed by atoms with Gasteiger partial charge in [-0.25, -0.2) is 8.42 Å². The van der Waals surface area contributed by atoms with E-state index < -0.39 is 9.84 Å². The molecule has 0 aliphatic carbocycles. The Morgan fingerprint density at radius 3 is 2.61 bits per heavy atom. The zero-order valence-electron chi connectivity index (χ0n) is 11.0. The van der Waals surface area contributed by atoms with Crippen LogP contribution in [0.2, 0.25) is 0 Å². The van der Waals surface area contributed by atoms with E-state index in [0.717, 1.165) is 19.4 Å². The summed E-state index contributed by atoms with van der Waals surface area (Å²) in [6.45, 7) is 4.25. The Labute approximate surface area is 109 Å². The fraction of sp³-hybridized carbons (Fsp3) is 0.538. The van der Waals surface area contributed by atoms with E-state index in [4.69, 9.17) is 4.74 Å². The number of benzene rings is 1. The first-order chi connectivity index (χ1) is 8.55. The second-order valence-corrected chi connectivity index (χ2v) is 6.15. The molecule has 0 bridgehead atoms. The summed E-state index contributed by atoms with van der Waals surface area (Å²) >= 11 is 0. The van der Waals surface area contributed by atoms with Crippen LogP contribution in [0.1, 0.15) is 19.8 Å². The summed E-state index contributed by atoms with van der Waals surface area (Å²) in [6.07, 6.45) is 3.10. The SMILES string of the molecule is CCCOCCCNc1ccccc1S(C)(=O)=O. The number of sulfone groups is 1. The molecule has 0 spiro atoms. The lowest BCUT2D eigenvalue weighted by molar-refractivity contribution is 0.134. The van der Waals surface area contributed by atoms with Gasteiger partial charge in [-0.3, -0.25) is 0 Å². The second kappa shape index (κ2) is 7.38. The quantitative estimate of drug-likeness (QED) is 0.737. The van der Waals surface area contributed by atoms with Crippen molar-refractivity contribution in [1.29, 1.82) is 0 Å². The molecule has 0 radical (unpaired) electrons. The minimum atomic E-state index is -3.18. The van der Waals surface area contributed by atoms with E-state index in [1.165, 1.54) is 6.26 Å². The van der Waals surface area contributed by atoms with Crippen molar-refractivity contribution in [2.45, 2.75) is 24.7 Å². The van der Waals surface area contributed by atoms with Crippen molar-refractivity contribution in [3.05, 3.63) is 24.3 Å². The molecule has 0 aliphatic rings. The molecule has 1 N–H and O–H groups in total. The van der Waals surface area contributed by atoms with Crippen LogP contribution in [0.15, 0.2) is 29.2 Å². The smallest absolute Gasteiger partial charge is 0.177 e. The minimum absolute atomic E-state index is 0.347. The molecule has 18 heavy (non-hydrogen) atoms. The Bertz CT molecular complexity index is 457. The molecule has 0 heterocycles. The van der Waals surface area contributed by atoms with E-state index in [1.54, 1.807) is 18.2 Å². The van der Waals surface area contributed by atoms with Crippen molar-refractivity contribution in [1.82, 2.24) is 0 Å². The Morgan fingerprint density at radius 1 is 1.22 bits per heavy atom. The van der Waals surface area contributed by atoms with Gasteiger partial charge in [0.2, 0.25) is 0 Å². The zero-order chi connectivity index (χ0) is 13.4. The van der Waals surface area contributed by atoms with Gasteiger partial charge < -0.3 is 10.1 Å². The average Bonchev–Trinajstić information content (AvgIpc) is 2.33. The third kappa shape index (κ3) is 5.06. The van der Waals surface area contributed by atoms with Crippen LogP contribution < -0.4 is 5.32 Å². The Balaban J connectivity index is 2.48. The first-order valence-electron chi connectivity index (χ1n) is 6.16. The van der Waals surface area contributed by atoms with E-state index in [2.05, 4.69) is 12.2 Å². The van der Waals surface area contributed by atoms with E-state index in [9.17, 15) is 8.42 Å². The number of para-hydroxylation sites is 1. The summed E-state index contributed by atoms with van der Waals surface area (Å²) in [4.78, 5) is 0.347. The van der Waals surface area contributed by atoms with E-state index in [-0.39, 0.29) is 0 Å². The van der Waals surface area contributed by atoms with Crippen molar-refractivity contribution in [2.24, 2.45) is 0 Å². The summed E-state index contributed by atoms with van der Waals surface area (Å²) in [5.41, 5.74) is 0.662. The highest BCUT2D eigenvalue weighted by molar-refractivity contribution is 7.90. The zero-order valence-corrected chi connectivity index (χ0v) is 11.8. The molecule has 1 aromatic rings. The summed E-state index contributed by atoms with van der Waals surface area (Å²) < 4.78 is 28.5. The molecule has 0 atom stereocenters. The third-order valence-electron chi connectivity index (χ3n) is 2.42. The van der Waals surface area contributed by atoms with Gasteiger partial charge in [-0.05, 0) is 25.0 Å². The summed E-state index contributed by atoms with van der Waals surface area (Å²) in [5, 5.41) is 3.14. The van der Waals surface area contributed by atoms with Crippen molar-refractivity contribution in [2.75, 3.05) is 31.3 Å². The van der Waals surface area contributed by atoms with Crippen molar-refractivity contribution < 1.29 is 13.2 Å². The molecule has 0 saturated carbocycles. The molecular formula is C13H21NO3S. The van der Waals surface area contributed by atoms with E-state index in [1.807, 2.05) is 6.07 Å². The lowest BCUT2D eigenvalue weighted by Crippen LogP contribution is -2.09. The fourth-order valence-electron chi connectivity index (χ4n) is 1.58. The van der Waals surface area contributed by atoms with Crippen LogP contribution in [-0.4, -0.2) is 34.4 Å². The lowest BCUT2D eigenvalue weighted by Gasteiger charge is -2.10. The first-order valence-corrected chi connectivity index (χ1v) is 8.05. The van der Waals surface area contributed by atoms with Gasteiger partial charge in [-0.2, -0.15) is 0 Å². The topological polar surface area (TPSA) is 55.4 Å². The van der Waals surface area contributed by atoms with Crippen molar-refractivity contribution in [3.8, 4) is 0 Å². The van der Waals surface area contributed by atoms with Crippen LogP contribution in [0.25, 0.3) is 0 Å². The molecule has 0 amide bonds. The van der Waals surface area contributed by atoms with Gasteiger partial charge in [-0.1, -0.05) is 19.1 Å². The second-order valence-electron chi connectivity index (χ2n) is 4.16. The van der Waals surface area contributed by atoms with Crippen molar-refractivity contribution in [3.63, 3.8) is 0 Å². The fourth-order valence-corrected chi connectivity index (χ4v) is 2.45. The average molecular weight is 271 g/mol. The van der Waals surface area contributed by atoms with Gasteiger partial charge in [0.1, 0.15) is 0 Å². The summed E-state index contributed by atoms with van der Waals surface area (Å²) in [7, 11) is -3.18. The molecule has 0 aromatic heterocycles. The highest BCUT2D eigenvalue weighted by Gasteiger charge is 2.11. The molecule has 5 heteroatoms. The van der Waals surface area contributed by atoms with Gasteiger partial charge in [0.05, 0.1) is 10.6 Å². The number of hydrogen-bond donors (Lipinski definition) is 1. The van der Waals surface area contributed by atoms with Gasteiger partial charge in [0, 0.05) is 26.0 Å². The van der Waals surface area contributed by atoms with E-state index >= 15 is 0 Å². The van der Waals surface area contributed by atoms with Crippen LogP contribution in [0, 0.1) is 0 Å². The molecule has 1 aromatic carbocycles. The molecule has 0 saturated heterocycles. The van der Waals surface area contributed by atoms with Crippen LogP contribution in [0.3, 0.4) is 0 Å². The normalized spacial score (nSPS) is 11.4. The lowest BCUT2D eigenvalue weighted by atomic mass is 10.3. The molecule has 1 rings (SSSR count). The third-order valence-corrected chi connectivity index (χ3v) is 3.57. The maximum absolute atomic E-state index is 11.6. The van der Waals surface area contributed by atoms with Gasteiger partial charge in [0.15, 0.2) is 9.84 Å². The first kappa shape index (κ1) is 15.0. The molecule has 4 nitrogen and oxygen atoms in total. The molecule has 0 aliphatic heterocycles. The highest BCUT2D eigenvalue weighted by Crippen LogP contribution is 2.20. The largest absolute Gasteiger partial charge is 0.384 e. The Hall–Kier alpha value is -1.07. The maximum Gasteiger partial charge on any atom is 0.177 e. The number of ether oxygens (including phenoxy) is 1. The van der Waals surface area contributed by atoms with Crippen molar-refractivity contribution >= 4 is 15.5 Å². The standard InChI is InChI=1S/C13H21NO3S/c1-3-10-17-11-6-9-14-12-7-4-5-8-13(12)18(2,15)16/h4-5,7-8,14H,3,6,9-11H2,1-2H3. The highest BCUT2D eigenvalue weighted by atomic mass is 32.2. The minimum Gasteiger partial charge on any atom is -0.384 e. The van der Waals surface area contributed by atoms with Gasteiger partial charge in [0.25, 0.3) is 0 Å². The summed E-state index contributed by atoms with van der Waals surface area (Å²) in [5.74, 6) is 0. The van der Waals surface area contributed by atoms with Crippen LogP contribution >= 0.6 is 0 Å². The molecule has 0 fully saturated rings. The molecule has 0 unspecified atom stereocenters. The Morgan fingerprint density at radius 2 is 1.94 bits per heavy atom. The van der Waals surface area contributed by atoms with Gasteiger partial charge in [-0.15, -0.1) is 0 Å². The van der Waals surface area contributed by atoms with E-state index in [0.29, 0.717) is 23.7 Å². The molecule has 102 valence electrons. The van der Waals surface area contributed by atoms with Crippen LogP contribution in [-0.2, 0) is 14.6 Å². The van der Waals surface area contributed by atoms with Gasteiger partial charge >= 0.3 is 0 Å². The monoisotopic (exact) mass is 271 g/mol. The summed E-state index contributed by atoms with van der Waals surface area (Å²) in [6, 6.07) is 6.95. The maximum atomic E-state index is 11.6. The number of nitrogens with one attached hydrogen (secondary N) is 1. The molecular weight excluding hydrogens is 250 g/mol. The number of hydrogen-bond acceptors (Lipinski definition) is 4. The number of anilines is 1. The van der Waals surface area contributed by atoms with Crippen LogP contribution in [0.5, 0.6) is 0 Å². The predicted molar refractivity (Wildman–Crippen MR) is 73.8 cm³/mol.